The maximum absolute atomic E-state index is 13.1. The molecule has 0 unspecified atom stereocenters. The average Bonchev–Trinajstić information content (AvgIpc) is 3.28. The molecule has 1 saturated heterocycles. The van der Waals surface area contributed by atoms with Gasteiger partial charge < -0.3 is 28.8 Å². The van der Waals surface area contributed by atoms with Crippen LogP contribution in [-0.2, 0) is 23.7 Å². The van der Waals surface area contributed by atoms with E-state index < -0.39 is 60.3 Å². The molecule has 3 aromatic carbocycles. The molecule has 1 aliphatic carbocycles. The summed E-state index contributed by atoms with van der Waals surface area (Å²) in [6, 6.07) is 24.7. The van der Waals surface area contributed by atoms with Gasteiger partial charge in [-0.25, -0.2) is 14.4 Å². The molecule has 1 saturated carbocycles. The highest BCUT2D eigenvalue weighted by atomic mass is 16.8. The molecule has 0 radical (unpaired) electrons. The molecule has 39 heavy (non-hydrogen) atoms. The van der Waals surface area contributed by atoms with Crippen molar-refractivity contribution < 1.29 is 43.2 Å². The van der Waals surface area contributed by atoms with Crippen molar-refractivity contribution >= 4 is 17.9 Å². The maximum atomic E-state index is 13.1. The van der Waals surface area contributed by atoms with Crippen molar-refractivity contribution in [3.8, 4) is 0 Å². The summed E-state index contributed by atoms with van der Waals surface area (Å²) >= 11 is 0. The van der Waals surface area contributed by atoms with E-state index in [-0.39, 0.29) is 16.7 Å². The normalized spacial score (nSPS) is 27.2. The lowest BCUT2D eigenvalue weighted by molar-refractivity contribution is -0.194. The lowest BCUT2D eigenvalue weighted by atomic mass is 9.84. The second-order valence-corrected chi connectivity index (χ2v) is 9.76. The van der Waals surface area contributed by atoms with Gasteiger partial charge in [0.2, 0.25) is 0 Å². The standard InChI is InChI=1S/C30H28O9/c1-30(2)38-25-23(36-28(33)19-14-8-4-9-15-19)21(31)22(35-27(32)18-12-6-3-7-13-18)24(26(25)39-30)37-29(34)20-16-10-5-11-17-20/h3-17,21-26,31H,1-2H3/t21-,22-,23-,24+,25-,26-/m0/s1. The predicted octanol–water partition coefficient (Wildman–Crippen LogP) is 3.56. The third-order valence-corrected chi connectivity index (χ3v) is 6.57. The third-order valence-electron chi connectivity index (χ3n) is 6.57. The van der Waals surface area contributed by atoms with E-state index in [2.05, 4.69) is 0 Å². The number of aliphatic hydroxyl groups is 1. The smallest absolute Gasteiger partial charge is 0.338 e. The molecule has 0 aromatic heterocycles. The number of aliphatic hydroxyl groups excluding tert-OH is 1. The number of hydrogen-bond donors (Lipinski definition) is 1. The second-order valence-electron chi connectivity index (χ2n) is 9.76. The van der Waals surface area contributed by atoms with E-state index in [0.29, 0.717) is 0 Å². The summed E-state index contributed by atoms with van der Waals surface area (Å²) in [5, 5.41) is 11.5. The van der Waals surface area contributed by atoms with Gasteiger partial charge in [0.1, 0.15) is 18.3 Å². The summed E-state index contributed by atoms with van der Waals surface area (Å²) in [6.45, 7) is 3.30. The molecule has 9 nitrogen and oxygen atoms in total. The summed E-state index contributed by atoms with van der Waals surface area (Å²) < 4.78 is 29.4. The van der Waals surface area contributed by atoms with Gasteiger partial charge in [0.25, 0.3) is 0 Å². The Balaban J connectivity index is 1.49. The number of rotatable bonds is 6. The SMILES string of the molecule is CC1(C)O[C@@H]2[C@@H](O1)[C@@H](OC(=O)c1ccccc1)[C@@H](O)[C@H](OC(=O)c1ccccc1)[C@H]2OC(=O)c1ccccc1. The Bertz CT molecular complexity index is 1310. The van der Waals surface area contributed by atoms with E-state index in [1.807, 2.05) is 0 Å². The molecular formula is C30H28O9. The van der Waals surface area contributed by atoms with Gasteiger partial charge in [-0.3, -0.25) is 0 Å². The van der Waals surface area contributed by atoms with Crippen LogP contribution in [0.3, 0.4) is 0 Å². The molecule has 1 heterocycles. The zero-order valence-electron chi connectivity index (χ0n) is 21.3. The minimum Gasteiger partial charge on any atom is -0.453 e. The van der Waals surface area contributed by atoms with Crippen molar-refractivity contribution in [2.45, 2.75) is 56.3 Å². The summed E-state index contributed by atoms with van der Waals surface area (Å²) in [4.78, 5) is 39.1. The van der Waals surface area contributed by atoms with Crippen LogP contribution in [0, 0.1) is 0 Å². The highest BCUT2D eigenvalue weighted by Gasteiger charge is 2.62. The first-order valence-corrected chi connectivity index (χ1v) is 12.6. The van der Waals surface area contributed by atoms with Crippen molar-refractivity contribution in [2.24, 2.45) is 0 Å². The number of carbonyl (C=O) groups is 3. The molecule has 0 amide bonds. The van der Waals surface area contributed by atoms with Gasteiger partial charge in [-0.2, -0.15) is 0 Å². The largest absolute Gasteiger partial charge is 0.453 e. The monoisotopic (exact) mass is 532 g/mol. The molecule has 5 rings (SSSR count). The number of hydrogen-bond acceptors (Lipinski definition) is 9. The van der Waals surface area contributed by atoms with E-state index in [9.17, 15) is 19.5 Å². The molecule has 2 fully saturated rings. The van der Waals surface area contributed by atoms with Gasteiger partial charge >= 0.3 is 17.9 Å². The van der Waals surface area contributed by atoms with E-state index in [1.54, 1.807) is 105 Å². The van der Waals surface area contributed by atoms with E-state index in [1.165, 1.54) is 0 Å². The van der Waals surface area contributed by atoms with Gasteiger partial charge in [0.15, 0.2) is 24.1 Å². The molecule has 1 N–H and O–H groups in total. The summed E-state index contributed by atoms with van der Waals surface area (Å²) in [6.07, 6.45) is -7.69. The van der Waals surface area contributed by atoms with Crippen LogP contribution in [0.4, 0.5) is 0 Å². The highest BCUT2D eigenvalue weighted by Crippen LogP contribution is 2.41. The fraction of sp³-hybridized carbons (Fsp3) is 0.300. The quantitative estimate of drug-likeness (QED) is 0.376. The van der Waals surface area contributed by atoms with Gasteiger partial charge in [-0.1, -0.05) is 54.6 Å². The lowest BCUT2D eigenvalue weighted by Crippen LogP contribution is -2.65. The van der Waals surface area contributed by atoms with Gasteiger partial charge in [-0.05, 0) is 50.2 Å². The van der Waals surface area contributed by atoms with E-state index in [0.717, 1.165) is 0 Å². The van der Waals surface area contributed by atoms with Crippen LogP contribution in [0.25, 0.3) is 0 Å². The highest BCUT2D eigenvalue weighted by molar-refractivity contribution is 5.91. The number of benzene rings is 3. The Hall–Kier alpha value is -4.05. The Labute approximate surface area is 225 Å². The number of esters is 3. The first kappa shape index (κ1) is 26.6. The van der Waals surface area contributed by atoms with Crippen LogP contribution in [-0.4, -0.2) is 65.4 Å². The van der Waals surface area contributed by atoms with Gasteiger partial charge in [-0.15, -0.1) is 0 Å². The summed E-state index contributed by atoms with van der Waals surface area (Å²) in [5.74, 6) is -3.35. The number of carbonyl (C=O) groups excluding carboxylic acids is 3. The van der Waals surface area contributed by atoms with Crippen molar-refractivity contribution in [3.05, 3.63) is 108 Å². The fourth-order valence-electron chi connectivity index (χ4n) is 4.79. The van der Waals surface area contributed by atoms with Gasteiger partial charge in [0, 0.05) is 0 Å². The summed E-state index contributed by atoms with van der Waals surface area (Å²) in [5.41, 5.74) is 0.740. The molecule has 1 aliphatic heterocycles. The van der Waals surface area contributed by atoms with Crippen LogP contribution in [0.5, 0.6) is 0 Å². The minimum absolute atomic E-state index is 0.224. The third kappa shape index (κ3) is 5.70. The Kier molecular flexibility index (Phi) is 7.47. The Morgan fingerprint density at radius 3 is 1.33 bits per heavy atom. The Morgan fingerprint density at radius 2 is 0.923 bits per heavy atom. The second kappa shape index (κ2) is 11.0. The molecule has 2 aliphatic rings. The zero-order valence-corrected chi connectivity index (χ0v) is 21.3. The molecular weight excluding hydrogens is 504 g/mol. The summed E-state index contributed by atoms with van der Waals surface area (Å²) in [7, 11) is 0. The molecule has 9 heteroatoms. The van der Waals surface area contributed by atoms with Crippen molar-refractivity contribution in [3.63, 3.8) is 0 Å². The first-order chi connectivity index (χ1) is 18.7. The minimum atomic E-state index is -1.61. The van der Waals surface area contributed by atoms with Crippen molar-refractivity contribution in [2.75, 3.05) is 0 Å². The van der Waals surface area contributed by atoms with Crippen LogP contribution in [0.1, 0.15) is 44.9 Å². The number of ether oxygens (including phenoxy) is 5. The van der Waals surface area contributed by atoms with Crippen molar-refractivity contribution in [1.29, 1.82) is 0 Å². The van der Waals surface area contributed by atoms with Gasteiger partial charge in [0.05, 0.1) is 16.7 Å². The van der Waals surface area contributed by atoms with Crippen molar-refractivity contribution in [1.82, 2.24) is 0 Å². The lowest BCUT2D eigenvalue weighted by Gasteiger charge is -2.43. The van der Waals surface area contributed by atoms with E-state index >= 15 is 0 Å². The first-order valence-electron chi connectivity index (χ1n) is 12.6. The molecule has 0 spiro atoms. The fourth-order valence-corrected chi connectivity index (χ4v) is 4.79. The van der Waals surface area contributed by atoms with E-state index in [4.69, 9.17) is 23.7 Å². The molecule has 6 atom stereocenters. The average molecular weight is 533 g/mol. The molecule has 202 valence electrons. The van der Waals surface area contributed by atoms with Crippen LogP contribution >= 0.6 is 0 Å². The zero-order chi connectivity index (χ0) is 27.6. The number of fused-ring (bicyclic) bond motifs is 1. The van der Waals surface area contributed by atoms with Crippen LogP contribution in [0.2, 0.25) is 0 Å². The maximum Gasteiger partial charge on any atom is 0.338 e. The Morgan fingerprint density at radius 1 is 0.590 bits per heavy atom. The molecule has 0 bridgehead atoms. The predicted molar refractivity (Wildman–Crippen MR) is 137 cm³/mol. The topological polar surface area (TPSA) is 118 Å². The van der Waals surface area contributed by atoms with Crippen LogP contribution < -0.4 is 0 Å². The van der Waals surface area contributed by atoms with Crippen LogP contribution in [0.15, 0.2) is 91.0 Å². The molecule has 3 aromatic rings.